The maximum atomic E-state index is 8.77. The normalized spacial score (nSPS) is 10.0. The van der Waals surface area contributed by atoms with E-state index < -0.39 is 0 Å². The molecule has 1 N–H and O–H groups in total. The third-order valence-electron chi connectivity index (χ3n) is 2.30. The number of nitrogens with one attached hydrogen (secondary N) is 1. The summed E-state index contributed by atoms with van der Waals surface area (Å²) in [5, 5.41) is 12.9. The molecule has 2 aromatic heterocycles. The molecule has 0 aliphatic carbocycles. The second-order valence-corrected chi connectivity index (χ2v) is 3.72. The Balaban J connectivity index is 2.46. The molecule has 0 saturated heterocycles. The van der Waals surface area contributed by atoms with Crippen LogP contribution in [-0.2, 0) is 6.54 Å². The van der Waals surface area contributed by atoms with Crippen LogP contribution in [0.4, 0.5) is 0 Å². The van der Waals surface area contributed by atoms with Gasteiger partial charge in [0.15, 0.2) is 0 Å². The predicted octanol–water partition coefficient (Wildman–Crippen LogP) is 2.50. The van der Waals surface area contributed by atoms with Gasteiger partial charge in [0.05, 0.1) is 11.8 Å². The molecule has 0 unspecified atom stereocenters. The molecule has 0 bridgehead atoms. The first-order valence-electron chi connectivity index (χ1n) is 4.91. The lowest BCUT2D eigenvalue weighted by molar-refractivity contribution is 0.660. The van der Waals surface area contributed by atoms with Gasteiger partial charge in [0.2, 0.25) is 0 Å². The molecule has 5 heteroatoms. The predicted molar refractivity (Wildman–Crippen MR) is 63.2 cm³/mol. The summed E-state index contributed by atoms with van der Waals surface area (Å²) in [6, 6.07) is 5.59. The maximum Gasteiger partial charge on any atom is 0.121 e. The Morgan fingerprint density at radius 3 is 2.94 bits per heavy atom. The molecule has 0 aliphatic heterocycles. The highest BCUT2D eigenvalue weighted by Gasteiger charge is 2.02. The number of rotatable bonds is 2. The summed E-state index contributed by atoms with van der Waals surface area (Å²) in [4.78, 5) is 3.02. The number of nitriles is 1. The average Bonchev–Trinajstić information content (AvgIpc) is 2.77. The molecule has 0 amide bonds. The molecule has 2 heterocycles. The Hall–Kier alpha value is -1.93. The molecular formula is C11H10N4S. The summed E-state index contributed by atoms with van der Waals surface area (Å²) in [6.45, 7) is 2.86. The van der Waals surface area contributed by atoms with E-state index >= 15 is 0 Å². The fraction of sp³-hybridized carbons (Fsp3) is 0.182. The molecule has 0 spiro atoms. The number of aromatic amines is 1. The Labute approximate surface area is 98.2 Å². The van der Waals surface area contributed by atoms with E-state index in [1.165, 1.54) is 0 Å². The van der Waals surface area contributed by atoms with Crippen LogP contribution in [0.2, 0.25) is 0 Å². The van der Waals surface area contributed by atoms with E-state index in [0.29, 0.717) is 10.2 Å². The van der Waals surface area contributed by atoms with Crippen molar-refractivity contribution in [1.82, 2.24) is 14.8 Å². The van der Waals surface area contributed by atoms with Crippen molar-refractivity contribution in [1.29, 1.82) is 5.26 Å². The molecule has 80 valence electrons. The number of hydrogen-bond donors (Lipinski definition) is 1. The van der Waals surface area contributed by atoms with Crippen molar-refractivity contribution in [2.75, 3.05) is 0 Å². The lowest BCUT2D eigenvalue weighted by atomic mass is 10.2. The molecule has 0 aliphatic rings. The summed E-state index contributed by atoms with van der Waals surface area (Å²) in [6.07, 6.45) is 3.71. The zero-order valence-corrected chi connectivity index (χ0v) is 9.58. The topological polar surface area (TPSA) is 57.4 Å². The van der Waals surface area contributed by atoms with Gasteiger partial charge in [-0.15, -0.1) is 0 Å². The number of pyridine rings is 1. The number of aromatic nitrogens is 3. The van der Waals surface area contributed by atoms with E-state index in [9.17, 15) is 0 Å². The number of nitrogens with zero attached hydrogens (tertiary/aromatic N) is 3. The third-order valence-corrected chi connectivity index (χ3v) is 2.62. The second kappa shape index (κ2) is 4.29. The van der Waals surface area contributed by atoms with E-state index in [-0.39, 0.29) is 0 Å². The van der Waals surface area contributed by atoms with Crippen LogP contribution in [0.1, 0.15) is 12.5 Å². The van der Waals surface area contributed by atoms with Crippen LogP contribution in [0.25, 0.3) is 11.3 Å². The SMILES string of the molecule is CCn1cc(-c2ccc(C#N)c(=S)[nH]2)cn1. The van der Waals surface area contributed by atoms with Crippen LogP contribution in [0.3, 0.4) is 0 Å². The summed E-state index contributed by atoms with van der Waals surface area (Å²) < 4.78 is 2.30. The average molecular weight is 230 g/mol. The minimum Gasteiger partial charge on any atom is -0.345 e. The van der Waals surface area contributed by atoms with Crippen LogP contribution in [0, 0.1) is 16.0 Å². The molecule has 2 rings (SSSR count). The minimum absolute atomic E-state index is 0.462. The van der Waals surface area contributed by atoms with Crippen molar-refractivity contribution in [2.45, 2.75) is 13.5 Å². The Kier molecular flexibility index (Phi) is 2.84. The van der Waals surface area contributed by atoms with Gasteiger partial charge < -0.3 is 4.98 Å². The molecule has 0 fully saturated rings. The van der Waals surface area contributed by atoms with E-state index in [1.807, 2.05) is 29.9 Å². The standard InChI is InChI=1S/C11H10N4S/c1-2-15-7-9(6-13-15)10-4-3-8(5-12)11(16)14-10/h3-4,6-7H,2H2,1H3,(H,14,16). The van der Waals surface area contributed by atoms with Gasteiger partial charge in [-0.3, -0.25) is 4.68 Å². The van der Waals surface area contributed by atoms with Crippen LogP contribution in [0.5, 0.6) is 0 Å². The van der Waals surface area contributed by atoms with Gasteiger partial charge in [-0.25, -0.2) is 0 Å². The monoisotopic (exact) mass is 230 g/mol. The van der Waals surface area contributed by atoms with Crippen molar-refractivity contribution < 1.29 is 0 Å². The quantitative estimate of drug-likeness (QED) is 0.806. The van der Waals surface area contributed by atoms with Crippen LogP contribution in [0.15, 0.2) is 24.5 Å². The lowest BCUT2D eigenvalue weighted by Crippen LogP contribution is -1.92. The smallest absolute Gasteiger partial charge is 0.121 e. The minimum atomic E-state index is 0.462. The molecule has 16 heavy (non-hydrogen) atoms. The molecule has 0 aromatic carbocycles. The Morgan fingerprint density at radius 1 is 1.56 bits per heavy atom. The Bertz CT molecular complexity index is 603. The largest absolute Gasteiger partial charge is 0.345 e. The van der Waals surface area contributed by atoms with Gasteiger partial charge in [-0.1, -0.05) is 12.2 Å². The molecule has 0 atom stereocenters. The molecule has 4 nitrogen and oxygen atoms in total. The zero-order chi connectivity index (χ0) is 11.5. The van der Waals surface area contributed by atoms with Crippen LogP contribution < -0.4 is 0 Å². The van der Waals surface area contributed by atoms with Crippen LogP contribution in [-0.4, -0.2) is 14.8 Å². The summed E-state index contributed by atoms with van der Waals surface area (Å²) in [5.74, 6) is 0. The Morgan fingerprint density at radius 2 is 2.38 bits per heavy atom. The first kappa shape index (κ1) is 10.6. The second-order valence-electron chi connectivity index (χ2n) is 3.31. The zero-order valence-electron chi connectivity index (χ0n) is 8.77. The summed E-state index contributed by atoms with van der Waals surface area (Å²) >= 11 is 5.07. The van der Waals surface area contributed by atoms with Gasteiger partial charge in [-0.05, 0) is 19.1 Å². The van der Waals surface area contributed by atoms with Gasteiger partial charge in [-0.2, -0.15) is 10.4 Å². The lowest BCUT2D eigenvalue weighted by Gasteiger charge is -1.98. The highest BCUT2D eigenvalue weighted by molar-refractivity contribution is 7.71. The van der Waals surface area contributed by atoms with Crippen molar-refractivity contribution in [3.05, 3.63) is 34.7 Å². The first-order chi connectivity index (χ1) is 7.74. The summed E-state index contributed by atoms with van der Waals surface area (Å²) in [5.41, 5.74) is 2.34. The molecule has 0 saturated carbocycles. The van der Waals surface area contributed by atoms with Crippen molar-refractivity contribution >= 4 is 12.2 Å². The summed E-state index contributed by atoms with van der Waals surface area (Å²) in [7, 11) is 0. The molecule has 2 aromatic rings. The van der Waals surface area contributed by atoms with Crippen molar-refractivity contribution in [3.8, 4) is 17.3 Å². The van der Waals surface area contributed by atoms with E-state index in [4.69, 9.17) is 17.5 Å². The van der Waals surface area contributed by atoms with Gasteiger partial charge in [0, 0.05) is 24.0 Å². The van der Waals surface area contributed by atoms with Gasteiger partial charge in [0.25, 0.3) is 0 Å². The third kappa shape index (κ3) is 1.88. The van der Waals surface area contributed by atoms with Crippen molar-refractivity contribution in [3.63, 3.8) is 0 Å². The first-order valence-corrected chi connectivity index (χ1v) is 5.31. The van der Waals surface area contributed by atoms with E-state index in [0.717, 1.165) is 17.8 Å². The molecular weight excluding hydrogens is 220 g/mol. The molecule has 0 radical (unpaired) electrons. The number of aryl methyl sites for hydroxylation is 1. The number of H-pyrrole nitrogens is 1. The van der Waals surface area contributed by atoms with Gasteiger partial charge >= 0.3 is 0 Å². The van der Waals surface area contributed by atoms with Crippen LogP contribution >= 0.6 is 12.2 Å². The highest BCUT2D eigenvalue weighted by atomic mass is 32.1. The fourth-order valence-electron chi connectivity index (χ4n) is 1.41. The van der Waals surface area contributed by atoms with E-state index in [1.54, 1.807) is 12.3 Å². The van der Waals surface area contributed by atoms with E-state index in [2.05, 4.69) is 10.1 Å². The fourth-order valence-corrected chi connectivity index (χ4v) is 1.63. The number of hydrogen-bond acceptors (Lipinski definition) is 3. The van der Waals surface area contributed by atoms with Crippen molar-refractivity contribution in [2.24, 2.45) is 0 Å². The highest BCUT2D eigenvalue weighted by Crippen LogP contribution is 2.16. The van der Waals surface area contributed by atoms with Gasteiger partial charge in [0.1, 0.15) is 10.7 Å². The maximum absolute atomic E-state index is 8.77.